The van der Waals surface area contributed by atoms with Gasteiger partial charge in [0.25, 0.3) is 0 Å². The van der Waals surface area contributed by atoms with Crippen LogP contribution in [0.1, 0.15) is 46.5 Å². The number of ketones is 1. The molecule has 0 fully saturated rings. The van der Waals surface area contributed by atoms with Crippen LogP contribution in [0.5, 0.6) is 5.75 Å². The molecule has 0 radical (unpaired) electrons. The molecule has 8 aromatic rings. The third kappa shape index (κ3) is 5.55. The standard InChI is InChI=1S/C46H36N2O4/c1-45(31-19-7-3-8-20-31,32-21-9-4-10-22-32)43(49)39-35-27-15-17-29-37(35)47-40(39)41-42(36-28-16-18-30-38(36)48-41)51-44(50)52-46(2,33-23-11-5-12-24-33)34-25-13-6-14-26-34/h3-30,47-48H,1-2H3. The number of nitrogens with one attached hydrogen (secondary N) is 2. The van der Waals surface area contributed by atoms with Crippen molar-refractivity contribution in [2.24, 2.45) is 0 Å². The minimum atomic E-state index is -1.15. The van der Waals surface area contributed by atoms with Gasteiger partial charge in [-0.05, 0) is 54.3 Å². The summed E-state index contributed by atoms with van der Waals surface area (Å²) >= 11 is 0. The molecule has 0 saturated carbocycles. The van der Waals surface area contributed by atoms with Gasteiger partial charge in [0.05, 0.1) is 16.7 Å². The quantitative estimate of drug-likeness (QED) is 0.117. The highest BCUT2D eigenvalue weighted by atomic mass is 16.7. The fourth-order valence-electron chi connectivity index (χ4n) is 7.25. The molecule has 0 aliphatic rings. The van der Waals surface area contributed by atoms with Crippen LogP contribution in [0.3, 0.4) is 0 Å². The van der Waals surface area contributed by atoms with Crippen molar-refractivity contribution in [2.45, 2.75) is 24.9 Å². The number of carbonyl (C=O) groups excluding carboxylic acids is 2. The molecule has 0 bridgehead atoms. The van der Waals surface area contributed by atoms with Crippen LogP contribution in [-0.4, -0.2) is 21.9 Å². The Morgan fingerprint density at radius 2 is 0.885 bits per heavy atom. The van der Waals surface area contributed by atoms with Gasteiger partial charge in [-0.3, -0.25) is 4.79 Å². The summed E-state index contributed by atoms with van der Waals surface area (Å²) < 4.78 is 12.5. The van der Waals surface area contributed by atoms with Crippen LogP contribution in [0.15, 0.2) is 170 Å². The zero-order valence-corrected chi connectivity index (χ0v) is 28.8. The number of H-pyrrole nitrogens is 2. The molecule has 0 aliphatic heterocycles. The molecule has 0 unspecified atom stereocenters. The number of aromatic nitrogens is 2. The van der Waals surface area contributed by atoms with Gasteiger partial charge in [0.1, 0.15) is 5.69 Å². The Bertz CT molecular complexity index is 2440. The molecule has 0 amide bonds. The number of aromatic amines is 2. The summed E-state index contributed by atoms with van der Waals surface area (Å²) in [6.07, 6.45) is -0.886. The number of benzene rings is 6. The zero-order valence-electron chi connectivity index (χ0n) is 28.8. The van der Waals surface area contributed by atoms with E-state index in [1.54, 1.807) is 0 Å². The van der Waals surface area contributed by atoms with E-state index in [1.807, 2.05) is 184 Å². The van der Waals surface area contributed by atoms with Crippen LogP contribution in [0, 0.1) is 0 Å². The molecule has 6 aromatic carbocycles. The van der Waals surface area contributed by atoms with E-state index in [9.17, 15) is 4.79 Å². The lowest BCUT2D eigenvalue weighted by Crippen LogP contribution is -2.34. The van der Waals surface area contributed by atoms with E-state index in [-0.39, 0.29) is 11.5 Å². The molecule has 8 rings (SSSR count). The second kappa shape index (κ2) is 13.2. The van der Waals surface area contributed by atoms with Gasteiger partial charge in [0.2, 0.25) is 0 Å². The topological polar surface area (TPSA) is 84.2 Å². The molecule has 0 spiro atoms. The van der Waals surface area contributed by atoms with Crippen LogP contribution in [0.4, 0.5) is 4.79 Å². The van der Waals surface area contributed by atoms with Crippen molar-refractivity contribution in [2.75, 3.05) is 0 Å². The summed E-state index contributed by atoms with van der Waals surface area (Å²) in [5.41, 5.74) is 4.07. The second-order valence-corrected chi connectivity index (χ2v) is 13.2. The van der Waals surface area contributed by atoms with Gasteiger partial charge in [-0.2, -0.15) is 0 Å². The molecule has 52 heavy (non-hydrogen) atoms. The second-order valence-electron chi connectivity index (χ2n) is 13.2. The predicted molar refractivity (Wildman–Crippen MR) is 206 cm³/mol. The van der Waals surface area contributed by atoms with Crippen molar-refractivity contribution in [3.05, 3.63) is 198 Å². The highest BCUT2D eigenvalue weighted by molar-refractivity contribution is 6.19. The number of hydrogen-bond acceptors (Lipinski definition) is 4. The first-order valence-electron chi connectivity index (χ1n) is 17.3. The summed E-state index contributed by atoms with van der Waals surface area (Å²) in [5, 5.41) is 1.43. The molecular weight excluding hydrogens is 645 g/mol. The maximum Gasteiger partial charge on any atom is 0.515 e. The fraction of sp³-hybridized carbons (Fsp3) is 0.0870. The van der Waals surface area contributed by atoms with Crippen molar-refractivity contribution in [3.63, 3.8) is 0 Å². The third-order valence-corrected chi connectivity index (χ3v) is 10.1. The lowest BCUT2D eigenvalue weighted by atomic mass is 9.70. The van der Waals surface area contributed by atoms with E-state index in [0.717, 1.165) is 38.7 Å². The van der Waals surface area contributed by atoms with Gasteiger partial charge in [0, 0.05) is 21.8 Å². The highest BCUT2D eigenvalue weighted by Gasteiger charge is 2.41. The maximum atomic E-state index is 15.4. The molecule has 6 heteroatoms. The Hall–Kier alpha value is -6.66. The van der Waals surface area contributed by atoms with Crippen LogP contribution in [-0.2, 0) is 15.8 Å². The molecule has 0 atom stereocenters. The number of ether oxygens (including phenoxy) is 2. The predicted octanol–water partition coefficient (Wildman–Crippen LogP) is 11.0. The van der Waals surface area contributed by atoms with Crippen LogP contribution in [0.2, 0.25) is 0 Å². The van der Waals surface area contributed by atoms with Gasteiger partial charge in [0.15, 0.2) is 17.1 Å². The molecule has 2 heterocycles. The van der Waals surface area contributed by atoms with Crippen molar-refractivity contribution >= 4 is 33.7 Å². The van der Waals surface area contributed by atoms with Crippen molar-refractivity contribution in [1.29, 1.82) is 0 Å². The lowest BCUT2D eigenvalue weighted by molar-refractivity contribution is 0.0201. The number of fused-ring (bicyclic) bond motifs is 2. The largest absolute Gasteiger partial charge is 0.515 e. The van der Waals surface area contributed by atoms with E-state index in [2.05, 4.69) is 9.97 Å². The molecule has 0 saturated heterocycles. The number of carbonyl (C=O) groups is 2. The Morgan fingerprint density at radius 1 is 0.481 bits per heavy atom. The number of Topliss-reactive ketones (excluding diaryl/α,β-unsaturated/α-hetero) is 1. The van der Waals surface area contributed by atoms with E-state index in [0.29, 0.717) is 22.3 Å². The normalized spacial score (nSPS) is 11.8. The minimum absolute atomic E-state index is 0.106. The summed E-state index contributed by atoms with van der Waals surface area (Å²) in [6.45, 7) is 3.83. The van der Waals surface area contributed by atoms with Gasteiger partial charge in [-0.25, -0.2) is 4.79 Å². The number of para-hydroxylation sites is 2. The van der Waals surface area contributed by atoms with E-state index in [4.69, 9.17) is 9.47 Å². The first-order valence-corrected chi connectivity index (χ1v) is 17.3. The molecule has 6 nitrogen and oxygen atoms in total. The van der Waals surface area contributed by atoms with Gasteiger partial charge < -0.3 is 19.4 Å². The van der Waals surface area contributed by atoms with E-state index >= 15 is 4.79 Å². The molecule has 2 aromatic heterocycles. The molecule has 0 aliphatic carbocycles. The van der Waals surface area contributed by atoms with Gasteiger partial charge in [-0.1, -0.05) is 152 Å². The van der Waals surface area contributed by atoms with Crippen LogP contribution >= 0.6 is 0 Å². The average Bonchev–Trinajstić information content (AvgIpc) is 3.77. The number of hydrogen-bond donors (Lipinski definition) is 2. The Kier molecular flexibility index (Phi) is 8.28. The summed E-state index contributed by atoms with van der Waals surface area (Å²) in [7, 11) is 0. The highest BCUT2D eigenvalue weighted by Crippen LogP contribution is 2.45. The number of rotatable bonds is 9. The first-order chi connectivity index (χ1) is 25.4. The maximum absolute atomic E-state index is 15.4. The van der Waals surface area contributed by atoms with Crippen molar-refractivity contribution in [3.8, 4) is 17.1 Å². The zero-order chi connectivity index (χ0) is 35.7. The molecule has 254 valence electrons. The lowest BCUT2D eigenvalue weighted by Gasteiger charge is -2.30. The summed E-state index contributed by atoms with van der Waals surface area (Å²) in [4.78, 5) is 36.5. The Labute approximate surface area is 301 Å². The first kappa shape index (κ1) is 32.5. The summed E-state index contributed by atoms with van der Waals surface area (Å²) in [5.74, 6) is 0.149. The third-order valence-electron chi connectivity index (χ3n) is 10.1. The monoisotopic (exact) mass is 680 g/mol. The minimum Gasteiger partial charge on any atom is -0.418 e. The van der Waals surface area contributed by atoms with Crippen LogP contribution < -0.4 is 4.74 Å². The van der Waals surface area contributed by atoms with Crippen molar-refractivity contribution < 1.29 is 19.1 Å². The van der Waals surface area contributed by atoms with E-state index < -0.39 is 17.2 Å². The molecule has 2 N–H and O–H groups in total. The van der Waals surface area contributed by atoms with E-state index in [1.165, 1.54) is 0 Å². The molecular formula is C46H36N2O4. The van der Waals surface area contributed by atoms with Crippen molar-refractivity contribution in [1.82, 2.24) is 9.97 Å². The van der Waals surface area contributed by atoms with Crippen LogP contribution in [0.25, 0.3) is 33.2 Å². The summed E-state index contributed by atoms with van der Waals surface area (Å²) in [6, 6.07) is 54.2. The SMILES string of the molecule is CC(OC(=O)Oc1c(-c2[nH]c3ccccc3c2C(=O)C(C)(c2ccccc2)c2ccccc2)[nH]c2ccccc12)(c1ccccc1)c1ccccc1. The smallest absolute Gasteiger partial charge is 0.418 e. The Balaban J connectivity index is 1.28. The van der Waals surface area contributed by atoms with Gasteiger partial charge in [-0.15, -0.1) is 0 Å². The van der Waals surface area contributed by atoms with Gasteiger partial charge >= 0.3 is 6.16 Å². The Morgan fingerprint density at radius 3 is 1.40 bits per heavy atom. The average molecular weight is 681 g/mol. The fourth-order valence-corrected chi connectivity index (χ4v) is 7.25.